The van der Waals surface area contributed by atoms with E-state index >= 15 is 0 Å². The second-order valence-corrected chi connectivity index (χ2v) is 6.52. The molecule has 0 aliphatic rings. The fourth-order valence-corrected chi connectivity index (χ4v) is 3.30. The standard InChI is InChI=1S/C21H20F3NO4/c1-3-29-20(19(26)27,21(22,23)24)17-12-25(2)18-11-15(9-10-16(17)18)28-13-14-7-5-4-6-8-14/h4-12H,3,13H2,1-2H3,(H,26,27). The zero-order chi connectivity index (χ0) is 21.2. The van der Waals surface area contributed by atoms with Crippen molar-refractivity contribution < 1.29 is 32.5 Å². The van der Waals surface area contributed by atoms with Gasteiger partial charge in [0.05, 0.1) is 5.52 Å². The van der Waals surface area contributed by atoms with Gasteiger partial charge in [-0.1, -0.05) is 30.3 Å². The summed E-state index contributed by atoms with van der Waals surface area (Å²) in [5.74, 6) is -1.65. The summed E-state index contributed by atoms with van der Waals surface area (Å²) >= 11 is 0. The monoisotopic (exact) mass is 407 g/mol. The van der Waals surface area contributed by atoms with Gasteiger partial charge in [-0.05, 0) is 24.6 Å². The average molecular weight is 407 g/mol. The molecule has 0 amide bonds. The molecule has 0 fully saturated rings. The van der Waals surface area contributed by atoms with Crippen LogP contribution in [0.4, 0.5) is 13.2 Å². The minimum atomic E-state index is -5.15. The van der Waals surface area contributed by atoms with Crippen LogP contribution in [0.2, 0.25) is 0 Å². The van der Waals surface area contributed by atoms with E-state index < -0.39 is 29.9 Å². The fourth-order valence-electron chi connectivity index (χ4n) is 3.30. The zero-order valence-electron chi connectivity index (χ0n) is 15.9. The van der Waals surface area contributed by atoms with Crippen LogP contribution >= 0.6 is 0 Å². The summed E-state index contributed by atoms with van der Waals surface area (Å²) in [6, 6.07) is 13.9. The van der Waals surface area contributed by atoms with E-state index in [0.29, 0.717) is 17.9 Å². The normalized spacial score (nSPS) is 14.0. The van der Waals surface area contributed by atoms with Crippen LogP contribution in [0.3, 0.4) is 0 Å². The Morgan fingerprint density at radius 2 is 1.83 bits per heavy atom. The van der Waals surface area contributed by atoms with E-state index in [2.05, 4.69) is 0 Å². The minimum Gasteiger partial charge on any atom is -0.489 e. The highest BCUT2D eigenvalue weighted by atomic mass is 19.4. The Morgan fingerprint density at radius 3 is 2.41 bits per heavy atom. The van der Waals surface area contributed by atoms with Gasteiger partial charge in [0.1, 0.15) is 12.4 Å². The molecule has 8 heteroatoms. The highest BCUT2D eigenvalue weighted by Crippen LogP contribution is 2.46. The van der Waals surface area contributed by atoms with Gasteiger partial charge < -0.3 is 19.1 Å². The lowest BCUT2D eigenvalue weighted by Gasteiger charge is -2.31. The molecule has 3 aromatic rings. The van der Waals surface area contributed by atoms with E-state index in [-0.39, 0.29) is 5.39 Å². The first-order valence-corrected chi connectivity index (χ1v) is 8.91. The number of fused-ring (bicyclic) bond motifs is 1. The molecular formula is C21H20F3NO4. The summed E-state index contributed by atoms with van der Waals surface area (Å²) in [5, 5.41) is 9.63. The quantitative estimate of drug-likeness (QED) is 0.620. The summed E-state index contributed by atoms with van der Waals surface area (Å²) in [4.78, 5) is 11.8. The van der Waals surface area contributed by atoms with Crippen molar-refractivity contribution >= 4 is 16.9 Å². The molecule has 1 N–H and O–H groups in total. The number of aromatic nitrogens is 1. The van der Waals surface area contributed by atoms with Crippen LogP contribution in [0, 0.1) is 0 Å². The lowest BCUT2D eigenvalue weighted by atomic mass is 9.92. The van der Waals surface area contributed by atoms with E-state index in [1.807, 2.05) is 30.3 Å². The van der Waals surface area contributed by atoms with E-state index in [9.17, 15) is 23.1 Å². The Morgan fingerprint density at radius 1 is 1.14 bits per heavy atom. The Balaban J connectivity index is 2.05. The lowest BCUT2D eigenvalue weighted by molar-refractivity contribution is -0.279. The molecule has 29 heavy (non-hydrogen) atoms. The molecule has 1 unspecified atom stereocenters. The molecular weight excluding hydrogens is 387 g/mol. The van der Waals surface area contributed by atoms with Crippen LogP contribution in [0.15, 0.2) is 54.7 Å². The highest BCUT2D eigenvalue weighted by Gasteiger charge is 2.64. The number of ether oxygens (including phenoxy) is 2. The van der Waals surface area contributed by atoms with Gasteiger partial charge in [0, 0.05) is 36.9 Å². The summed E-state index contributed by atoms with van der Waals surface area (Å²) in [5.41, 5.74) is -2.57. The molecule has 154 valence electrons. The topological polar surface area (TPSA) is 60.7 Å². The van der Waals surface area contributed by atoms with Crippen molar-refractivity contribution in [2.24, 2.45) is 7.05 Å². The summed E-state index contributed by atoms with van der Waals surface area (Å²) in [6.07, 6.45) is -4.01. The van der Waals surface area contributed by atoms with Crippen LogP contribution < -0.4 is 4.74 Å². The van der Waals surface area contributed by atoms with E-state index in [1.165, 1.54) is 23.6 Å². The number of nitrogens with zero attached hydrogens (tertiary/aromatic N) is 1. The van der Waals surface area contributed by atoms with E-state index in [0.717, 1.165) is 11.8 Å². The predicted octanol–water partition coefficient (Wildman–Crippen LogP) is 4.64. The van der Waals surface area contributed by atoms with Crippen molar-refractivity contribution in [1.29, 1.82) is 0 Å². The molecule has 0 bridgehead atoms. The second kappa shape index (κ2) is 7.79. The Hall–Kier alpha value is -3.00. The van der Waals surface area contributed by atoms with Gasteiger partial charge in [0.25, 0.3) is 5.60 Å². The molecule has 0 spiro atoms. The van der Waals surface area contributed by atoms with Crippen molar-refractivity contribution in [1.82, 2.24) is 4.57 Å². The fraction of sp³-hybridized carbons (Fsp3) is 0.286. The third kappa shape index (κ3) is 3.67. The molecule has 0 radical (unpaired) electrons. The van der Waals surface area contributed by atoms with Gasteiger partial charge in [0.15, 0.2) is 0 Å². The van der Waals surface area contributed by atoms with Crippen molar-refractivity contribution in [3.05, 3.63) is 65.9 Å². The molecule has 0 saturated heterocycles. The van der Waals surface area contributed by atoms with Gasteiger partial charge in [0.2, 0.25) is 0 Å². The van der Waals surface area contributed by atoms with Gasteiger partial charge in [-0.25, -0.2) is 4.79 Å². The van der Waals surface area contributed by atoms with Crippen LogP contribution in [-0.2, 0) is 28.8 Å². The number of benzene rings is 2. The molecule has 0 saturated carbocycles. The smallest absolute Gasteiger partial charge is 0.432 e. The third-order valence-corrected chi connectivity index (χ3v) is 4.65. The van der Waals surface area contributed by atoms with Crippen LogP contribution in [0.5, 0.6) is 5.75 Å². The number of carboxylic acids is 1. The first kappa shape index (κ1) is 20.7. The minimum absolute atomic E-state index is 0.132. The van der Waals surface area contributed by atoms with Crippen molar-refractivity contribution in [2.75, 3.05) is 6.61 Å². The SMILES string of the molecule is CCOC(C(=O)O)(c1cn(C)c2cc(OCc3ccccc3)ccc12)C(F)(F)F. The maximum Gasteiger partial charge on any atom is 0.432 e. The van der Waals surface area contributed by atoms with Crippen LogP contribution in [0.1, 0.15) is 18.1 Å². The number of rotatable bonds is 7. The Kier molecular flexibility index (Phi) is 5.57. The first-order valence-electron chi connectivity index (χ1n) is 8.91. The zero-order valence-corrected chi connectivity index (χ0v) is 15.9. The van der Waals surface area contributed by atoms with Crippen LogP contribution in [-0.4, -0.2) is 28.4 Å². The third-order valence-electron chi connectivity index (χ3n) is 4.65. The summed E-state index contributed by atoms with van der Waals surface area (Å²) in [7, 11) is 1.54. The molecule has 1 aromatic heterocycles. The first-order chi connectivity index (χ1) is 13.7. The second-order valence-electron chi connectivity index (χ2n) is 6.52. The Bertz CT molecular complexity index is 1010. The number of carboxylic acid groups (broad SMARTS) is 1. The number of hydrogen-bond acceptors (Lipinski definition) is 3. The number of halogens is 3. The largest absolute Gasteiger partial charge is 0.489 e. The highest BCUT2D eigenvalue weighted by molar-refractivity contribution is 5.92. The van der Waals surface area contributed by atoms with Gasteiger partial charge in [-0.15, -0.1) is 0 Å². The predicted molar refractivity (Wildman–Crippen MR) is 101 cm³/mol. The van der Waals surface area contributed by atoms with Gasteiger partial charge >= 0.3 is 12.1 Å². The Labute approximate surface area is 165 Å². The van der Waals surface area contributed by atoms with Crippen molar-refractivity contribution in [3.63, 3.8) is 0 Å². The summed E-state index contributed by atoms with van der Waals surface area (Å²) in [6.45, 7) is 1.20. The number of aryl methyl sites for hydroxylation is 1. The molecule has 3 rings (SSSR count). The molecule has 0 aliphatic carbocycles. The van der Waals surface area contributed by atoms with E-state index in [4.69, 9.17) is 9.47 Å². The molecule has 1 heterocycles. The number of carbonyl (C=O) groups is 1. The molecule has 0 aliphatic heterocycles. The number of aliphatic carboxylic acids is 1. The molecule has 1 atom stereocenters. The van der Waals surface area contributed by atoms with Gasteiger partial charge in [-0.2, -0.15) is 13.2 Å². The lowest BCUT2D eigenvalue weighted by Crippen LogP contribution is -2.51. The number of hydrogen-bond donors (Lipinski definition) is 1. The summed E-state index contributed by atoms with van der Waals surface area (Å²) < 4.78 is 53.6. The van der Waals surface area contributed by atoms with Crippen molar-refractivity contribution in [3.8, 4) is 5.75 Å². The molecule has 2 aromatic carbocycles. The maximum absolute atomic E-state index is 13.9. The number of alkyl halides is 3. The van der Waals surface area contributed by atoms with Crippen molar-refractivity contribution in [2.45, 2.75) is 25.3 Å². The van der Waals surface area contributed by atoms with E-state index in [1.54, 1.807) is 13.1 Å². The average Bonchev–Trinajstić information content (AvgIpc) is 3.00. The van der Waals surface area contributed by atoms with Crippen LogP contribution in [0.25, 0.3) is 10.9 Å². The molecule has 5 nitrogen and oxygen atoms in total. The maximum atomic E-state index is 13.9. The van der Waals surface area contributed by atoms with Gasteiger partial charge in [-0.3, -0.25) is 0 Å².